The molecule has 0 aliphatic heterocycles. The van der Waals surface area contributed by atoms with Crippen LogP contribution in [0.5, 0.6) is 0 Å². The Balaban J connectivity index is 2.22. The van der Waals surface area contributed by atoms with E-state index < -0.39 is 0 Å². The summed E-state index contributed by atoms with van der Waals surface area (Å²) in [5.41, 5.74) is 7.67. The molecule has 1 heterocycles. The van der Waals surface area contributed by atoms with E-state index >= 15 is 0 Å². The molecule has 100 valence electrons. The third kappa shape index (κ3) is 3.15. The number of hydrogen-bond donors (Lipinski definition) is 1. The highest BCUT2D eigenvalue weighted by Gasteiger charge is 2.20. The molecule has 0 saturated carbocycles. The van der Waals surface area contributed by atoms with Crippen molar-refractivity contribution in [2.45, 2.75) is 26.4 Å². The van der Waals surface area contributed by atoms with Gasteiger partial charge in [0.1, 0.15) is 0 Å². The Morgan fingerprint density at radius 1 is 1.26 bits per heavy atom. The summed E-state index contributed by atoms with van der Waals surface area (Å²) in [7, 11) is 0. The Hall–Kier alpha value is -1.81. The van der Waals surface area contributed by atoms with Crippen molar-refractivity contribution in [2.75, 3.05) is 5.73 Å². The van der Waals surface area contributed by atoms with E-state index in [-0.39, 0.29) is 11.9 Å². The van der Waals surface area contributed by atoms with Gasteiger partial charge >= 0.3 is 0 Å². The summed E-state index contributed by atoms with van der Waals surface area (Å²) in [6.45, 7) is 4.58. The van der Waals surface area contributed by atoms with Crippen molar-refractivity contribution in [3.8, 4) is 0 Å². The fraction of sp³-hybridized carbons (Fsp3) is 0.267. The number of nitrogen functional groups attached to an aromatic ring is 1. The predicted molar refractivity (Wildman–Crippen MR) is 80.2 cm³/mol. The van der Waals surface area contributed by atoms with E-state index in [0.29, 0.717) is 6.54 Å². The Bertz CT molecular complexity index is 549. The lowest BCUT2D eigenvalue weighted by Crippen LogP contribution is -2.36. The van der Waals surface area contributed by atoms with E-state index in [1.807, 2.05) is 60.5 Å². The van der Waals surface area contributed by atoms with Gasteiger partial charge in [0.15, 0.2) is 0 Å². The van der Waals surface area contributed by atoms with Crippen LogP contribution in [0.1, 0.15) is 29.1 Å². The molecule has 0 unspecified atom stereocenters. The smallest absolute Gasteiger partial charge is 0.264 e. The van der Waals surface area contributed by atoms with Crippen LogP contribution in [-0.4, -0.2) is 16.8 Å². The molecule has 0 aliphatic carbocycles. The van der Waals surface area contributed by atoms with Crippen molar-refractivity contribution >= 4 is 22.9 Å². The van der Waals surface area contributed by atoms with Crippen LogP contribution in [0, 0.1) is 0 Å². The number of nitrogens with two attached hydrogens (primary N) is 1. The highest BCUT2D eigenvalue weighted by Crippen LogP contribution is 2.19. The van der Waals surface area contributed by atoms with Crippen molar-refractivity contribution in [3.05, 3.63) is 52.2 Å². The number of para-hydroxylation sites is 1. The van der Waals surface area contributed by atoms with Gasteiger partial charge < -0.3 is 10.6 Å². The number of nitrogens with zero attached hydrogens (tertiary/aromatic N) is 1. The van der Waals surface area contributed by atoms with Crippen LogP contribution in [-0.2, 0) is 6.54 Å². The van der Waals surface area contributed by atoms with Gasteiger partial charge in [-0.3, -0.25) is 4.79 Å². The highest BCUT2D eigenvalue weighted by atomic mass is 32.1. The average Bonchev–Trinajstić information content (AvgIpc) is 2.90. The van der Waals surface area contributed by atoms with Crippen molar-refractivity contribution < 1.29 is 4.79 Å². The molecular weight excluding hydrogens is 256 g/mol. The zero-order valence-electron chi connectivity index (χ0n) is 11.2. The second-order valence-electron chi connectivity index (χ2n) is 4.70. The van der Waals surface area contributed by atoms with Gasteiger partial charge in [-0.05, 0) is 36.9 Å². The maximum atomic E-state index is 12.5. The summed E-state index contributed by atoms with van der Waals surface area (Å²) in [6, 6.07) is 11.6. The summed E-state index contributed by atoms with van der Waals surface area (Å²) in [4.78, 5) is 15.1. The van der Waals surface area contributed by atoms with Crippen molar-refractivity contribution in [1.82, 2.24) is 4.90 Å². The van der Waals surface area contributed by atoms with Crippen molar-refractivity contribution in [1.29, 1.82) is 0 Å². The van der Waals surface area contributed by atoms with Gasteiger partial charge in [-0.25, -0.2) is 0 Å². The first kappa shape index (κ1) is 13.6. The van der Waals surface area contributed by atoms with E-state index in [1.165, 1.54) is 11.3 Å². The first-order valence-corrected chi connectivity index (χ1v) is 7.15. The molecule has 1 aromatic carbocycles. The minimum atomic E-state index is 0.0632. The minimum absolute atomic E-state index is 0.0632. The van der Waals surface area contributed by atoms with Gasteiger partial charge in [-0.15, -0.1) is 11.3 Å². The summed E-state index contributed by atoms with van der Waals surface area (Å²) >= 11 is 1.47. The molecule has 2 aromatic rings. The molecule has 0 bridgehead atoms. The SMILES string of the molecule is CC(C)N(Cc1ccccc1N)C(=O)c1cccs1. The number of rotatable bonds is 4. The Morgan fingerprint density at radius 3 is 2.58 bits per heavy atom. The summed E-state index contributed by atoms with van der Waals surface area (Å²) in [6.07, 6.45) is 0. The highest BCUT2D eigenvalue weighted by molar-refractivity contribution is 7.12. The number of thiophene rings is 1. The molecule has 4 heteroatoms. The molecule has 0 atom stereocenters. The van der Waals surface area contributed by atoms with E-state index in [4.69, 9.17) is 5.73 Å². The third-order valence-electron chi connectivity index (χ3n) is 3.01. The second-order valence-corrected chi connectivity index (χ2v) is 5.65. The third-order valence-corrected chi connectivity index (χ3v) is 3.87. The number of benzene rings is 1. The molecule has 1 amide bonds. The van der Waals surface area contributed by atoms with E-state index in [2.05, 4.69) is 0 Å². The minimum Gasteiger partial charge on any atom is -0.398 e. The molecule has 0 radical (unpaired) electrons. The normalized spacial score (nSPS) is 10.7. The Labute approximate surface area is 117 Å². The largest absolute Gasteiger partial charge is 0.398 e. The van der Waals surface area contributed by atoms with Crippen LogP contribution >= 0.6 is 11.3 Å². The zero-order valence-corrected chi connectivity index (χ0v) is 12.0. The number of anilines is 1. The predicted octanol–water partition coefficient (Wildman–Crippen LogP) is 3.38. The molecule has 1 aromatic heterocycles. The van der Waals surface area contributed by atoms with Gasteiger partial charge in [-0.1, -0.05) is 24.3 Å². The lowest BCUT2D eigenvalue weighted by molar-refractivity contribution is 0.0696. The molecule has 0 aliphatic rings. The lowest BCUT2D eigenvalue weighted by atomic mass is 10.1. The zero-order chi connectivity index (χ0) is 13.8. The molecule has 19 heavy (non-hydrogen) atoms. The number of carbonyl (C=O) groups is 1. The average molecular weight is 274 g/mol. The topological polar surface area (TPSA) is 46.3 Å². The number of amides is 1. The van der Waals surface area contributed by atoms with Gasteiger partial charge in [-0.2, -0.15) is 0 Å². The van der Waals surface area contributed by atoms with Crippen molar-refractivity contribution in [2.24, 2.45) is 0 Å². The van der Waals surface area contributed by atoms with Gasteiger partial charge in [0.05, 0.1) is 4.88 Å². The number of carbonyl (C=O) groups excluding carboxylic acids is 1. The lowest BCUT2D eigenvalue weighted by Gasteiger charge is -2.27. The van der Waals surface area contributed by atoms with Crippen LogP contribution < -0.4 is 5.73 Å². The first-order chi connectivity index (χ1) is 9.09. The molecular formula is C15H18N2OS. The molecule has 0 spiro atoms. The van der Waals surface area contributed by atoms with Gasteiger partial charge in [0.25, 0.3) is 5.91 Å². The Kier molecular flexibility index (Phi) is 4.22. The monoisotopic (exact) mass is 274 g/mol. The van der Waals surface area contributed by atoms with Crippen LogP contribution in [0.15, 0.2) is 41.8 Å². The quantitative estimate of drug-likeness (QED) is 0.869. The standard InChI is InChI=1S/C15H18N2OS/c1-11(2)17(15(18)14-8-5-9-19-14)10-12-6-3-4-7-13(12)16/h3-9,11H,10,16H2,1-2H3. The first-order valence-electron chi connectivity index (χ1n) is 6.27. The van der Waals surface area contributed by atoms with Crippen molar-refractivity contribution in [3.63, 3.8) is 0 Å². The van der Waals surface area contributed by atoms with Crippen LogP contribution in [0.4, 0.5) is 5.69 Å². The molecule has 0 fully saturated rings. The van der Waals surface area contributed by atoms with Gasteiger partial charge in [0, 0.05) is 18.3 Å². The second kappa shape index (κ2) is 5.89. The fourth-order valence-corrected chi connectivity index (χ4v) is 2.57. The molecule has 2 N–H and O–H groups in total. The molecule has 3 nitrogen and oxygen atoms in total. The summed E-state index contributed by atoms with van der Waals surface area (Å²) < 4.78 is 0. The Morgan fingerprint density at radius 2 is 2.00 bits per heavy atom. The maximum absolute atomic E-state index is 12.5. The summed E-state index contributed by atoms with van der Waals surface area (Å²) in [5.74, 6) is 0.0632. The molecule has 2 rings (SSSR count). The fourth-order valence-electron chi connectivity index (χ4n) is 1.89. The van der Waals surface area contributed by atoms with E-state index in [1.54, 1.807) is 0 Å². The number of hydrogen-bond acceptors (Lipinski definition) is 3. The van der Waals surface area contributed by atoms with Crippen LogP contribution in [0.2, 0.25) is 0 Å². The van der Waals surface area contributed by atoms with Crippen LogP contribution in [0.25, 0.3) is 0 Å². The van der Waals surface area contributed by atoms with E-state index in [0.717, 1.165) is 16.1 Å². The van der Waals surface area contributed by atoms with Gasteiger partial charge in [0.2, 0.25) is 0 Å². The molecule has 0 saturated heterocycles. The summed E-state index contributed by atoms with van der Waals surface area (Å²) in [5, 5.41) is 1.92. The van der Waals surface area contributed by atoms with Crippen LogP contribution in [0.3, 0.4) is 0 Å². The maximum Gasteiger partial charge on any atom is 0.264 e. The van der Waals surface area contributed by atoms with E-state index in [9.17, 15) is 4.79 Å².